The van der Waals surface area contributed by atoms with Crippen molar-refractivity contribution in [3.8, 4) is 0 Å². The number of nitrogens with one attached hydrogen (secondary N) is 2. The van der Waals surface area contributed by atoms with Crippen LogP contribution in [0.4, 0.5) is 19.3 Å². The summed E-state index contributed by atoms with van der Waals surface area (Å²) in [7, 11) is 1.41. The summed E-state index contributed by atoms with van der Waals surface area (Å²) in [4.78, 5) is 37.2. The molecule has 11 heteroatoms. The van der Waals surface area contributed by atoms with Gasteiger partial charge in [0.1, 0.15) is 28.2 Å². The quantitative estimate of drug-likeness (QED) is 0.671. The van der Waals surface area contributed by atoms with Crippen molar-refractivity contribution in [2.24, 2.45) is 0 Å². The first kappa shape index (κ1) is 22.3. The second kappa shape index (κ2) is 8.05. The molecule has 1 aromatic heterocycles. The van der Waals surface area contributed by atoms with Crippen molar-refractivity contribution in [3.05, 3.63) is 39.7 Å². The summed E-state index contributed by atoms with van der Waals surface area (Å²) in [6, 6.07) is 0.454. The molecule has 2 aromatic rings. The largest absolute Gasteiger partial charge is 0.477 e. The Kier molecular flexibility index (Phi) is 5.79. The molecule has 3 N–H and O–H groups in total. The first-order valence-electron chi connectivity index (χ1n) is 9.65. The number of carbonyl (C=O) groups is 2. The van der Waals surface area contributed by atoms with Crippen LogP contribution in [0.25, 0.3) is 10.9 Å². The van der Waals surface area contributed by atoms with Crippen LogP contribution < -0.4 is 21.1 Å². The Hall–Kier alpha value is -3.37. The van der Waals surface area contributed by atoms with E-state index < -0.39 is 45.7 Å². The van der Waals surface area contributed by atoms with Gasteiger partial charge in [0.15, 0.2) is 5.82 Å². The fourth-order valence-corrected chi connectivity index (χ4v) is 3.58. The average molecular weight is 438 g/mol. The van der Waals surface area contributed by atoms with E-state index in [0.29, 0.717) is 6.42 Å². The van der Waals surface area contributed by atoms with Crippen LogP contribution in [0.2, 0.25) is 0 Å². The van der Waals surface area contributed by atoms with Crippen molar-refractivity contribution in [2.75, 3.05) is 30.5 Å². The van der Waals surface area contributed by atoms with E-state index >= 15 is 4.39 Å². The fraction of sp³-hybridized carbons (Fsp3) is 0.450. The number of amides is 1. The Morgan fingerprint density at radius 1 is 1.29 bits per heavy atom. The van der Waals surface area contributed by atoms with E-state index in [0.717, 1.165) is 16.9 Å². The van der Waals surface area contributed by atoms with Crippen LogP contribution in [0, 0.1) is 11.6 Å². The molecular formula is C20H24F2N4O5. The third-order valence-corrected chi connectivity index (χ3v) is 4.85. The molecule has 0 aliphatic carbocycles. The number of hydrogen-bond acceptors (Lipinski definition) is 6. The maximum Gasteiger partial charge on any atom is 0.407 e. The van der Waals surface area contributed by atoms with Crippen LogP contribution in [-0.2, 0) is 4.74 Å². The third-order valence-electron chi connectivity index (χ3n) is 4.85. The van der Waals surface area contributed by atoms with Gasteiger partial charge in [-0.05, 0) is 33.3 Å². The van der Waals surface area contributed by atoms with E-state index in [-0.39, 0.29) is 30.3 Å². The molecule has 168 valence electrons. The number of halogens is 2. The van der Waals surface area contributed by atoms with Gasteiger partial charge < -0.3 is 25.5 Å². The lowest BCUT2D eigenvalue weighted by Gasteiger charge is -2.23. The molecule has 3 rings (SSSR count). The molecule has 1 aliphatic heterocycles. The highest BCUT2D eigenvalue weighted by atomic mass is 19.1. The minimum Gasteiger partial charge on any atom is -0.477 e. The Balaban J connectivity index is 1.97. The minimum absolute atomic E-state index is 0.135. The fourth-order valence-electron chi connectivity index (χ4n) is 3.58. The van der Waals surface area contributed by atoms with Gasteiger partial charge in [0.25, 0.3) is 0 Å². The van der Waals surface area contributed by atoms with Gasteiger partial charge >= 0.3 is 12.1 Å². The van der Waals surface area contributed by atoms with Crippen molar-refractivity contribution < 1.29 is 28.2 Å². The number of aromatic carboxylic acids is 1. The molecule has 2 heterocycles. The molecule has 0 radical (unpaired) electrons. The molecule has 1 fully saturated rings. The molecule has 9 nitrogen and oxygen atoms in total. The number of rotatable bonds is 4. The molecule has 1 aromatic carbocycles. The second-order valence-corrected chi connectivity index (χ2v) is 8.27. The van der Waals surface area contributed by atoms with Crippen LogP contribution in [0.1, 0.15) is 37.6 Å². The van der Waals surface area contributed by atoms with Crippen LogP contribution in [0.5, 0.6) is 0 Å². The average Bonchev–Trinajstić information content (AvgIpc) is 3.08. The number of benzene rings is 1. The Bertz CT molecular complexity index is 1110. The predicted molar refractivity (Wildman–Crippen MR) is 110 cm³/mol. The molecule has 1 amide bonds. The number of ether oxygens (including phenoxy) is 1. The van der Waals surface area contributed by atoms with Crippen molar-refractivity contribution in [3.63, 3.8) is 0 Å². The smallest absolute Gasteiger partial charge is 0.407 e. The Labute approximate surface area is 176 Å². The summed E-state index contributed by atoms with van der Waals surface area (Å²) in [5, 5.41) is 11.5. The van der Waals surface area contributed by atoms with Gasteiger partial charge in [-0.25, -0.2) is 18.4 Å². The zero-order chi connectivity index (χ0) is 23.1. The van der Waals surface area contributed by atoms with Crippen LogP contribution in [-0.4, -0.2) is 53.6 Å². The Morgan fingerprint density at radius 2 is 1.97 bits per heavy atom. The summed E-state index contributed by atoms with van der Waals surface area (Å²) < 4.78 is 36.5. The molecule has 1 atom stereocenters. The standard InChI is InChI=1S/C20H24F2N4O5/c1-20(2,3)31-19(30)24-10-5-6-25(8-10)16-13(21)7-11-15(14(16)22)26(23-4)9-12(17(11)27)18(28)29/h7,9-10,23H,5-6,8H2,1-4H3,(H,24,30)(H,28,29). The first-order valence-corrected chi connectivity index (χ1v) is 9.65. The lowest BCUT2D eigenvalue weighted by atomic mass is 10.1. The van der Waals surface area contributed by atoms with Gasteiger partial charge in [0.2, 0.25) is 5.43 Å². The highest BCUT2D eigenvalue weighted by Crippen LogP contribution is 2.32. The lowest BCUT2D eigenvalue weighted by Crippen LogP contribution is -2.40. The number of anilines is 1. The second-order valence-electron chi connectivity index (χ2n) is 8.27. The molecule has 1 saturated heterocycles. The van der Waals surface area contributed by atoms with Crippen molar-refractivity contribution in [2.45, 2.75) is 38.8 Å². The van der Waals surface area contributed by atoms with Gasteiger partial charge in [0, 0.05) is 26.3 Å². The number of hydrogen-bond donors (Lipinski definition) is 3. The van der Waals surface area contributed by atoms with Gasteiger partial charge in [0.05, 0.1) is 11.4 Å². The molecule has 0 spiro atoms. The third kappa shape index (κ3) is 4.39. The summed E-state index contributed by atoms with van der Waals surface area (Å²) in [6.45, 7) is 5.58. The predicted octanol–water partition coefficient (Wildman–Crippen LogP) is 2.25. The molecule has 1 aliphatic rings. The van der Waals surface area contributed by atoms with Crippen LogP contribution in [0.15, 0.2) is 17.1 Å². The van der Waals surface area contributed by atoms with Crippen molar-refractivity contribution in [1.29, 1.82) is 0 Å². The number of fused-ring (bicyclic) bond motifs is 1. The highest BCUT2D eigenvalue weighted by molar-refractivity contribution is 5.94. The van der Waals surface area contributed by atoms with Crippen molar-refractivity contribution >= 4 is 28.7 Å². The van der Waals surface area contributed by atoms with Gasteiger partial charge in [-0.3, -0.25) is 9.47 Å². The molecule has 31 heavy (non-hydrogen) atoms. The number of nitrogens with zero attached hydrogens (tertiary/aromatic N) is 2. The normalized spacial score (nSPS) is 16.5. The number of carboxylic acids is 1. The number of alkyl carbamates (subject to hydrolysis) is 1. The number of carboxylic acid groups (broad SMARTS) is 1. The summed E-state index contributed by atoms with van der Waals surface area (Å²) in [6.07, 6.45) is 0.769. The zero-order valence-corrected chi connectivity index (χ0v) is 17.6. The number of carbonyl (C=O) groups excluding carboxylic acids is 1. The molecular weight excluding hydrogens is 414 g/mol. The molecule has 0 bridgehead atoms. The zero-order valence-electron chi connectivity index (χ0n) is 17.6. The number of aromatic nitrogens is 1. The lowest BCUT2D eigenvalue weighted by molar-refractivity contribution is 0.0508. The van der Waals surface area contributed by atoms with E-state index in [2.05, 4.69) is 10.7 Å². The van der Waals surface area contributed by atoms with Crippen LogP contribution >= 0.6 is 0 Å². The molecule has 0 saturated carbocycles. The SMILES string of the molecule is CNn1cc(C(=O)O)c(=O)c2cc(F)c(N3CCC(NC(=O)OC(C)(C)C)C3)c(F)c21. The van der Waals surface area contributed by atoms with Crippen LogP contribution in [0.3, 0.4) is 0 Å². The van der Waals surface area contributed by atoms with E-state index in [1.54, 1.807) is 20.8 Å². The van der Waals surface area contributed by atoms with Gasteiger partial charge in [-0.1, -0.05) is 0 Å². The maximum atomic E-state index is 15.4. The first-order chi connectivity index (χ1) is 14.4. The van der Waals surface area contributed by atoms with E-state index in [4.69, 9.17) is 4.74 Å². The van der Waals surface area contributed by atoms with Crippen molar-refractivity contribution in [1.82, 2.24) is 9.99 Å². The van der Waals surface area contributed by atoms with E-state index in [1.807, 2.05) is 0 Å². The summed E-state index contributed by atoms with van der Waals surface area (Å²) in [5.41, 5.74) is -0.306. The number of pyridine rings is 1. The maximum absolute atomic E-state index is 15.4. The van der Waals surface area contributed by atoms with Gasteiger partial charge in [-0.2, -0.15) is 0 Å². The summed E-state index contributed by atoms with van der Waals surface area (Å²) >= 11 is 0. The van der Waals surface area contributed by atoms with Gasteiger partial charge in [-0.15, -0.1) is 0 Å². The monoisotopic (exact) mass is 438 g/mol. The molecule has 1 unspecified atom stereocenters. The summed E-state index contributed by atoms with van der Waals surface area (Å²) in [5.74, 6) is -3.50. The van der Waals surface area contributed by atoms with E-state index in [9.17, 15) is 23.9 Å². The minimum atomic E-state index is -1.50. The topological polar surface area (TPSA) is 113 Å². The Morgan fingerprint density at radius 3 is 2.55 bits per heavy atom. The van der Waals surface area contributed by atoms with E-state index in [1.165, 1.54) is 11.9 Å². The highest BCUT2D eigenvalue weighted by Gasteiger charge is 2.31.